The van der Waals surface area contributed by atoms with Gasteiger partial charge in [0.2, 0.25) is 5.91 Å². The molecule has 218 valence electrons. The molecular weight excluding hydrogens is 557 g/mol. The van der Waals surface area contributed by atoms with Crippen molar-refractivity contribution >= 4 is 34.9 Å². The average Bonchev–Trinajstić information content (AvgIpc) is 3.73. The Hall–Kier alpha value is -3.97. The summed E-state index contributed by atoms with van der Waals surface area (Å²) in [5.74, 6) is -0.558. The summed E-state index contributed by atoms with van der Waals surface area (Å²) in [5.41, 5.74) is 8.40. The fraction of sp³-hybridized carbons (Fsp3) is 0.344. The van der Waals surface area contributed by atoms with Gasteiger partial charge in [-0.15, -0.1) is 0 Å². The Morgan fingerprint density at radius 1 is 1.12 bits per heavy atom. The van der Waals surface area contributed by atoms with E-state index in [4.69, 9.17) is 22.1 Å². The van der Waals surface area contributed by atoms with E-state index in [9.17, 15) is 14.9 Å². The van der Waals surface area contributed by atoms with Crippen LogP contribution >= 0.6 is 11.6 Å². The summed E-state index contributed by atoms with van der Waals surface area (Å²) < 4.78 is 20.6. The number of nitriles is 1. The Bertz CT molecular complexity index is 1510. The molecule has 0 spiro atoms. The minimum absolute atomic E-state index is 0.0332. The predicted octanol–water partition coefficient (Wildman–Crippen LogP) is 6.00. The second-order valence-corrected chi connectivity index (χ2v) is 11.5. The number of hydrogen-bond donors (Lipinski definition) is 3. The van der Waals surface area contributed by atoms with E-state index < -0.39 is 29.3 Å². The minimum Gasteiger partial charge on any atom is -0.380 e. The summed E-state index contributed by atoms with van der Waals surface area (Å²) in [5, 5.41) is 15.5. The molecule has 4 N–H and O–H groups in total. The van der Waals surface area contributed by atoms with E-state index in [0.29, 0.717) is 34.2 Å². The largest absolute Gasteiger partial charge is 0.380 e. The van der Waals surface area contributed by atoms with E-state index in [2.05, 4.69) is 16.7 Å². The van der Waals surface area contributed by atoms with Crippen LogP contribution < -0.4 is 16.4 Å². The molecule has 1 aliphatic carbocycles. The number of anilines is 2. The highest BCUT2D eigenvalue weighted by atomic mass is 35.5. The molecule has 10 heteroatoms. The van der Waals surface area contributed by atoms with Crippen molar-refractivity contribution in [2.45, 2.75) is 49.8 Å². The first kappa shape index (κ1) is 29.5. The Morgan fingerprint density at radius 3 is 2.55 bits per heavy atom. The Labute approximate surface area is 249 Å². The van der Waals surface area contributed by atoms with Gasteiger partial charge in [-0.3, -0.25) is 4.79 Å². The molecule has 0 radical (unpaired) electrons. The SMILES string of the molecule is CO[C@@H]1C[C@H](C(=O)Nc2cc(C(N)(CCC3CC3)c3cccc(C#N)c3)ccc2F)N(C(=O)Nc2ccc(Cl)cc2)C1. The number of carbonyl (C=O) groups is 2. The number of nitrogens with two attached hydrogens (primary N) is 1. The number of carbonyl (C=O) groups excluding carboxylic acids is 2. The number of nitrogens with one attached hydrogen (secondary N) is 2. The van der Waals surface area contributed by atoms with Crippen molar-refractivity contribution in [1.29, 1.82) is 5.26 Å². The van der Waals surface area contributed by atoms with Gasteiger partial charge in [-0.25, -0.2) is 9.18 Å². The number of urea groups is 1. The van der Waals surface area contributed by atoms with Crippen LogP contribution in [0.4, 0.5) is 20.6 Å². The normalized spacial score (nSPS) is 19.5. The van der Waals surface area contributed by atoms with Crippen molar-refractivity contribution in [2.75, 3.05) is 24.3 Å². The van der Waals surface area contributed by atoms with Gasteiger partial charge in [0.1, 0.15) is 11.9 Å². The fourth-order valence-corrected chi connectivity index (χ4v) is 5.57. The molecule has 5 rings (SSSR count). The highest BCUT2D eigenvalue weighted by molar-refractivity contribution is 6.30. The van der Waals surface area contributed by atoms with Gasteiger partial charge in [-0.05, 0) is 78.4 Å². The van der Waals surface area contributed by atoms with Crippen LogP contribution in [0, 0.1) is 23.1 Å². The van der Waals surface area contributed by atoms with Crippen molar-refractivity contribution in [3.8, 4) is 6.07 Å². The van der Waals surface area contributed by atoms with Crippen LogP contribution in [0.15, 0.2) is 66.7 Å². The third-order valence-electron chi connectivity index (χ3n) is 8.15. The summed E-state index contributed by atoms with van der Waals surface area (Å²) >= 11 is 5.95. The van der Waals surface area contributed by atoms with Crippen LogP contribution in [-0.4, -0.2) is 42.6 Å². The van der Waals surface area contributed by atoms with E-state index in [1.165, 1.54) is 18.1 Å². The number of amides is 3. The molecule has 1 saturated carbocycles. The zero-order valence-electron chi connectivity index (χ0n) is 23.3. The van der Waals surface area contributed by atoms with Crippen LogP contribution in [0.1, 0.15) is 48.8 Å². The van der Waals surface area contributed by atoms with Crippen molar-refractivity contribution in [3.05, 3.63) is 94.3 Å². The van der Waals surface area contributed by atoms with Crippen molar-refractivity contribution in [2.24, 2.45) is 11.7 Å². The molecule has 1 saturated heterocycles. The van der Waals surface area contributed by atoms with Crippen molar-refractivity contribution in [3.63, 3.8) is 0 Å². The van der Waals surface area contributed by atoms with Crippen molar-refractivity contribution in [1.82, 2.24) is 4.90 Å². The maximum absolute atomic E-state index is 15.1. The lowest BCUT2D eigenvalue weighted by atomic mass is 9.79. The first-order valence-electron chi connectivity index (χ1n) is 14.0. The standard InChI is InChI=1S/C32H33ClFN5O3/c1-42-26-17-29(39(19-26)31(41)37-25-10-8-24(33)9-11-25)30(40)38-28-16-23(7-12-27(28)34)32(36,14-13-20-5-6-20)22-4-2-3-21(15-22)18-35/h2-4,7-12,15-16,20,26,29H,5-6,13-14,17,19,36H2,1H3,(H,37,41)(H,38,40)/t26-,29-,32?/m1/s1. The summed E-state index contributed by atoms with van der Waals surface area (Å²) in [6.07, 6.45) is 3.70. The van der Waals surface area contributed by atoms with Gasteiger partial charge >= 0.3 is 6.03 Å². The summed E-state index contributed by atoms with van der Waals surface area (Å²) in [6, 6.07) is 19.0. The molecule has 1 aliphatic heterocycles. The third-order valence-corrected chi connectivity index (χ3v) is 8.40. The van der Waals surface area contributed by atoms with Gasteiger partial charge in [-0.1, -0.05) is 42.6 Å². The van der Waals surface area contributed by atoms with E-state index >= 15 is 4.39 Å². The number of ether oxygens (including phenoxy) is 1. The van der Waals surface area contributed by atoms with Crippen LogP contribution in [0.2, 0.25) is 5.02 Å². The number of likely N-dealkylation sites (tertiary alicyclic amines) is 1. The van der Waals surface area contributed by atoms with Gasteiger partial charge in [-0.2, -0.15) is 5.26 Å². The molecule has 3 atom stereocenters. The van der Waals surface area contributed by atoms with E-state index in [-0.39, 0.29) is 24.8 Å². The van der Waals surface area contributed by atoms with Gasteiger partial charge in [0.05, 0.1) is 29.0 Å². The van der Waals surface area contributed by atoms with Gasteiger partial charge in [0.15, 0.2) is 0 Å². The predicted molar refractivity (Wildman–Crippen MR) is 159 cm³/mol. The molecule has 8 nitrogen and oxygen atoms in total. The Morgan fingerprint density at radius 2 is 1.86 bits per heavy atom. The molecule has 3 aromatic carbocycles. The topological polar surface area (TPSA) is 120 Å². The number of nitrogens with zero attached hydrogens (tertiary/aromatic N) is 2. The molecule has 0 bridgehead atoms. The average molecular weight is 590 g/mol. The number of hydrogen-bond acceptors (Lipinski definition) is 5. The van der Waals surface area contributed by atoms with Gasteiger partial charge in [0.25, 0.3) is 0 Å². The smallest absolute Gasteiger partial charge is 0.322 e. The molecule has 0 aromatic heterocycles. The monoisotopic (exact) mass is 589 g/mol. The summed E-state index contributed by atoms with van der Waals surface area (Å²) in [7, 11) is 1.52. The van der Waals surface area contributed by atoms with Gasteiger partial charge < -0.3 is 26.0 Å². The molecule has 3 amide bonds. The van der Waals surface area contributed by atoms with Crippen LogP contribution in [0.5, 0.6) is 0 Å². The molecular formula is C32H33ClFN5O3. The lowest BCUT2D eigenvalue weighted by Crippen LogP contribution is -2.45. The lowest BCUT2D eigenvalue weighted by molar-refractivity contribution is -0.119. The maximum Gasteiger partial charge on any atom is 0.322 e. The van der Waals surface area contributed by atoms with E-state index in [1.807, 2.05) is 6.07 Å². The quantitative estimate of drug-likeness (QED) is 0.283. The van der Waals surface area contributed by atoms with Gasteiger partial charge in [0, 0.05) is 30.8 Å². The number of rotatable bonds is 9. The first-order valence-corrected chi connectivity index (χ1v) is 14.3. The molecule has 1 heterocycles. The van der Waals surface area contributed by atoms with Crippen LogP contribution in [-0.2, 0) is 15.1 Å². The first-order chi connectivity index (χ1) is 20.2. The molecule has 42 heavy (non-hydrogen) atoms. The van der Waals surface area contributed by atoms with E-state index in [1.54, 1.807) is 54.6 Å². The fourth-order valence-electron chi connectivity index (χ4n) is 5.44. The zero-order chi connectivity index (χ0) is 29.9. The Kier molecular flexibility index (Phi) is 8.78. The van der Waals surface area contributed by atoms with Crippen LogP contribution in [0.3, 0.4) is 0 Å². The van der Waals surface area contributed by atoms with Crippen LogP contribution in [0.25, 0.3) is 0 Å². The number of methoxy groups -OCH3 is 1. The second-order valence-electron chi connectivity index (χ2n) is 11.0. The summed E-state index contributed by atoms with van der Waals surface area (Å²) in [4.78, 5) is 28.1. The summed E-state index contributed by atoms with van der Waals surface area (Å²) in [6.45, 7) is 0.193. The third kappa shape index (κ3) is 6.57. The second kappa shape index (κ2) is 12.5. The molecule has 2 fully saturated rings. The van der Waals surface area contributed by atoms with E-state index in [0.717, 1.165) is 24.8 Å². The Balaban J connectivity index is 1.39. The van der Waals surface area contributed by atoms with Crippen molar-refractivity contribution < 1.29 is 18.7 Å². The minimum atomic E-state index is -0.998. The molecule has 2 aliphatic rings. The zero-order valence-corrected chi connectivity index (χ0v) is 24.0. The lowest BCUT2D eigenvalue weighted by Gasteiger charge is -2.32. The number of benzene rings is 3. The highest BCUT2D eigenvalue weighted by Gasteiger charge is 2.40. The highest BCUT2D eigenvalue weighted by Crippen LogP contribution is 2.40. The number of halogens is 2. The molecule has 1 unspecified atom stereocenters. The molecule has 3 aromatic rings. The maximum atomic E-state index is 15.1.